The van der Waals surface area contributed by atoms with Gasteiger partial charge in [0.1, 0.15) is 11.6 Å². The Balaban J connectivity index is 2.43. The molecule has 0 radical (unpaired) electrons. The van der Waals surface area contributed by atoms with E-state index >= 15 is 0 Å². The van der Waals surface area contributed by atoms with Crippen molar-refractivity contribution in [2.75, 3.05) is 7.11 Å². The highest BCUT2D eigenvalue weighted by Crippen LogP contribution is 2.28. The minimum Gasteiger partial charge on any atom is -0.497 e. The molecule has 0 saturated heterocycles. The van der Waals surface area contributed by atoms with Crippen molar-refractivity contribution in [1.29, 1.82) is 0 Å². The second-order valence-corrected chi connectivity index (χ2v) is 5.35. The summed E-state index contributed by atoms with van der Waals surface area (Å²) in [7, 11) is 1.51. The topological polar surface area (TPSA) is 47.3 Å². The molecule has 106 valence electrons. The van der Waals surface area contributed by atoms with Crippen LogP contribution in [-0.2, 0) is 0 Å². The Morgan fingerprint density at radius 3 is 2.55 bits per heavy atom. The van der Waals surface area contributed by atoms with Gasteiger partial charge in [0.25, 0.3) is 0 Å². The molecule has 1 unspecified atom stereocenters. The van der Waals surface area contributed by atoms with Crippen LogP contribution in [0.4, 0.5) is 4.39 Å². The standard InChI is InChI=1S/C15H16BrFN2O/c1-9-7-10(3-6-13(9)16)15(19-18)12-5-4-11(20-2)8-14(12)17/h3-8,15,19H,18H2,1-2H3. The second kappa shape index (κ2) is 6.35. The molecular formula is C15H16BrFN2O. The Kier molecular flexibility index (Phi) is 4.75. The third-order valence-corrected chi connectivity index (χ3v) is 4.09. The molecule has 1 atom stereocenters. The highest BCUT2D eigenvalue weighted by molar-refractivity contribution is 9.10. The molecule has 20 heavy (non-hydrogen) atoms. The monoisotopic (exact) mass is 338 g/mol. The molecule has 0 aliphatic carbocycles. The molecule has 0 saturated carbocycles. The molecule has 0 aliphatic heterocycles. The fraction of sp³-hybridized carbons (Fsp3) is 0.200. The second-order valence-electron chi connectivity index (χ2n) is 4.50. The molecule has 0 aliphatic rings. The van der Waals surface area contributed by atoms with E-state index in [0.29, 0.717) is 11.3 Å². The molecule has 3 nitrogen and oxygen atoms in total. The zero-order valence-corrected chi connectivity index (χ0v) is 12.9. The average Bonchev–Trinajstić information content (AvgIpc) is 2.45. The van der Waals surface area contributed by atoms with Crippen molar-refractivity contribution in [3.8, 4) is 5.75 Å². The first-order valence-corrected chi connectivity index (χ1v) is 6.91. The van der Waals surface area contributed by atoms with E-state index in [1.165, 1.54) is 13.2 Å². The van der Waals surface area contributed by atoms with Crippen LogP contribution in [0, 0.1) is 12.7 Å². The maximum absolute atomic E-state index is 14.2. The maximum Gasteiger partial charge on any atom is 0.132 e. The number of benzene rings is 2. The van der Waals surface area contributed by atoms with E-state index < -0.39 is 6.04 Å². The minimum absolute atomic E-state index is 0.354. The highest BCUT2D eigenvalue weighted by Gasteiger charge is 2.17. The Labute approximate surface area is 126 Å². The Morgan fingerprint density at radius 1 is 1.25 bits per heavy atom. The average molecular weight is 339 g/mol. The maximum atomic E-state index is 14.2. The van der Waals surface area contributed by atoms with Crippen molar-refractivity contribution in [2.45, 2.75) is 13.0 Å². The minimum atomic E-state index is -0.410. The summed E-state index contributed by atoms with van der Waals surface area (Å²) >= 11 is 3.45. The Hall–Kier alpha value is -1.43. The molecule has 0 spiro atoms. The Bertz CT molecular complexity index is 619. The van der Waals surface area contributed by atoms with Gasteiger partial charge < -0.3 is 4.74 Å². The highest BCUT2D eigenvalue weighted by atomic mass is 79.9. The van der Waals surface area contributed by atoms with E-state index in [1.807, 2.05) is 25.1 Å². The van der Waals surface area contributed by atoms with Crippen molar-refractivity contribution in [1.82, 2.24) is 5.43 Å². The summed E-state index contributed by atoms with van der Waals surface area (Å²) in [6, 6.07) is 10.1. The number of rotatable bonds is 4. The van der Waals surface area contributed by atoms with Crippen LogP contribution in [0.1, 0.15) is 22.7 Å². The quantitative estimate of drug-likeness (QED) is 0.663. The molecule has 2 rings (SSSR count). The smallest absolute Gasteiger partial charge is 0.132 e. The summed E-state index contributed by atoms with van der Waals surface area (Å²) < 4.78 is 20.2. The van der Waals surface area contributed by atoms with Crippen LogP contribution >= 0.6 is 15.9 Å². The number of nitrogens with two attached hydrogens (primary N) is 1. The fourth-order valence-electron chi connectivity index (χ4n) is 2.08. The van der Waals surface area contributed by atoms with Crippen LogP contribution < -0.4 is 16.0 Å². The summed E-state index contributed by atoms with van der Waals surface area (Å²) in [5.41, 5.74) is 5.11. The van der Waals surface area contributed by atoms with Gasteiger partial charge in [-0.05, 0) is 30.2 Å². The van der Waals surface area contributed by atoms with Crippen molar-refractivity contribution < 1.29 is 9.13 Å². The van der Waals surface area contributed by atoms with E-state index in [1.54, 1.807) is 12.1 Å². The summed E-state index contributed by atoms with van der Waals surface area (Å²) in [6.45, 7) is 1.98. The van der Waals surface area contributed by atoms with Crippen LogP contribution in [0.2, 0.25) is 0 Å². The molecule has 5 heteroatoms. The summed E-state index contributed by atoms with van der Waals surface area (Å²) in [6.07, 6.45) is 0. The zero-order chi connectivity index (χ0) is 14.7. The van der Waals surface area contributed by atoms with E-state index in [4.69, 9.17) is 10.6 Å². The third-order valence-electron chi connectivity index (χ3n) is 3.20. The number of halogens is 2. The van der Waals surface area contributed by atoms with Gasteiger partial charge in [-0.2, -0.15) is 0 Å². The third kappa shape index (κ3) is 3.00. The molecule has 0 bridgehead atoms. The van der Waals surface area contributed by atoms with Crippen molar-refractivity contribution >= 4 is 15.9 Å². The predicted molar refractivity (Wildman–Crippen MR) is 81.0 cm³/mol. The number of aryl methyl sites for hydroxylation is 1. The number of nitrogens with one attached hydrogen (secondary N) is 1. The van der Waals surface area contributed by atoms with E-state index in [2.05, 4.69) is 21.4 Å². The van der Waals surface area contributed by atoms with Crippen molar-refractivity contribution in [3.05, 3.63) is 63.4 Å². The first-order valence-electron chi connectivity index (χ1n) is 6.12. The molecule has 2 aromatic carbocycles. The normalized spacial score (nSPS) is 12.2. The number of methoxy groups -OCH3 is 1. The van der Waals surface area contributed by atoms with Crippen molar-refractivity contribution in [2.24, 2.45) is 5.84 Å². The largest absolute Gasteiger partial charge is 0.497 e. The zero-order valence-electron chi connectivity index (χ0n) is 11.3. The van der Waals surface area contributed by atoms with Gasteiger partial charge >= 0.3 is 0 Å². The van der Waals surface area contributed by atoms with Gasteiger partial charge in [0.05, 0.1) is 13.2 Å². The first kappa shape index (κ1) is 15.0. The number of hydrogen-bond acceptors (Lipinski definition) is 3. The van der Waals surface area contributed by atoms with Gasteiger partial charge in [0, 0.05) is 16.1 Å². The predicted octanol–water partition coefficient (Wildman–Crippen LogP) is 3.46. The van der Waals surface area contributed by atoms with Gasteiger partial charge in [-0.1, -0.05) is 34.1 Å². The van der Waals surface area contributed by atoms with Crippen LogP contribution in [-0.4, -0.2) is 7.11 Å². The lowest BCUT2D eigenvalue weighted by molar-refractivity contribution is 0.410. The SMILES string of the molecule is COc1ccc(C(NN)c2ccc(Br)c(C)c2)c(F)c1. The van der Waals surface area contributed by atoms with Crippen LogP contribution in [0.5, 0.6) is 5.75 Å². The van der Waals surface area contributed by atoms with Gasteiger partial charge in [-0.25, -0.2) is 9.82 Å². The van der Waals surface area contributed by atoms with Gasteiger partial charge in [0.15, 0.2) is 0 Å². The van der Waals surface area contributed by atoms with Crippen LogP contribution in [0.15, 0.2) is 40.9 Å². The Morgan fingerprint density at radius 2 is 2.00 bits per heavy atom. The molecule has 0 amide bonds. The van der Waals surface area contributed by atoms with Gasteiger partial charge in [0.2, 0.25) is 0 Å². The van der Waals surface area contributed by atoms with Crippen molar-refractivity contribution in [3.63, 3.8) is 0 Å². The first-order chi connectivity index (χ1) is 9.56. The molecular weight excluding hydrogens is 323 g/mol. The lowest BCUT2D eigenvalue weighted by Crippen LogP contribution is -2.29. The molecule has 0 aromatic heterocycles. The van der Waals surface area contributed by atoms with Crippen LogP contribution in [0.25, 0.3) is 0 Å². The lowest BCUT2D eigenvalue weighted by Gasteiger charge is -2.19. The van der Waals surface area contributed by atoms with E-state index in [9.17, 15) is 4.39 Å². The summed E-state index contributed by atoms with van der Waals surface area (Å²) in [5.74, 6) is 5.73. The summed E-state index contributed by atoms with van der Waals surface area (Å²) in [5, 5.41) is 0. The van der Waals surface area contributed by atoms with E-state index in [-0.39, 0.29) is 5.82 Å². The summed E-state index contributed by atoms with van der Waals surface area (Å²) in [4.78, 5) is 0. The number of hydrazine groups is 1. The molecule has 0 fully saturated rings. The number of hydrogen-bond donors (Lipinski definition) is 2. The van der Waals surface area contributed by atoms with Crippen LogP contribution in [0.3, 0.4) is 0 Å². The molecule has 2 aromatic rings. The number of ether oxygens (including phenoxy) is 1. The lowest BCUT2D eigenvalue weighted by atomic mass is 9.97. The van der Waals surface area contributed by atoms with Gasteiger partial charge in [-0.15, -0.1) is 0 Å². The van der Waals surface area contributed by atoms with E-state index in [0.717, 1.165) is 15.6 Å². The fourth-order valence-corrected chi connectivity index (χ4v) is 2.33. The van der Waals surface area contributed by atoms with Gasteiger partial charge in [-0.3, -0.25) is 5.84 Å². The molecule has 0 heterocycles. The molecule has 3 N–H and O–H groups in total.